The van der Waals surface area contributed by atoms with E-state index in [9.17, 15) is 24.3 Å². The fourth-order valence-corrected chi connectivity index (χ4v) is 9.23. The van der Waals surface area contributed by atoms with Gasteiger partial charge in [-0.25, -0.2) is 18.5 Å². The zero-order chi connectivity index (χ0) is 39.5. The number of rotatable bonds is 18. The van der Waals surface area contributed by atoms with Crippen molar-refractivity contribution in [1.29, 1.82) is 0 Å². The minimum Gasteiger partial charge on any atom is -0.457 e. The molecule has 0 bridgehead atoms. The number of halogens is 2. The summed E-state index contributed by atoms with van der Waals surface area (Å²) in [6.07, 6.45) is -3.16. The maximum atomic E-state index is 17.7. The molecule has 10 atom stereocenters. The number of carbonyl (C=O) groups is 4. The van der Waals surface area contributed by atoms with Crippen LogP contribution in [0.2, 0.25) is 0 Å². The van der Waals surface area contributed by atoms with Gasteiger partial charge in [-0.05, 0) is 69.1 Å². The van der Waals surface area contributed by atoms with Crippen LogP contribution in [0.25, 0.3) is 0 Å². The van der Waals surface area contributed by atoms with E-state index in [0.29, 0.717) is 0 Å². The Morgan fingerprint density at radius 1 is 0.962 bits per heavy atom. The Morgan fingerprint density at radius 3 is 2.26 bits per heavy atom. The average molecular weight is 768 g/mol. The van der Waals surface area contributed by atoms with Gasteiger partial charge in [0, 0.05) is 35.5 Å². The highest BCUT2D eigenvalue weighted by Gasteiger charge is 2.78. The number of allylic oxidation sites excluding steroid dienone is 4. The second-order valence-corrected chi connectivity index (χ2v) is 14.4. The smallest absolute Gasteiger partial charge is 0.306 e. The molecule has 4 aliphatic carbocycles. The van der Waals surface area contributed by atoms with E-state index in [1.807, 2.05) is 0 Å². The van der Waals surface area contributed by atoms with Gasteiger partial charge >= 0.3 is 11.9 Å². The average Bonchev–Trinajstić information content (AvgIpc) is 3.28. The molecule has 21 heteroatoms. The molecule has 0 aliphatic heterocycles. The maximum Gasteiger partial charge on any atom is 0.306 e. The third-order valence-electron chi connectivity index (χ3n) is 11.5. The minimum absolute atomic E-state index is 0.0411. The van der Waals surface area contributed by atoms with E-state index in [1.165, 1.54) is 13.0 Å². The lowest BCUT2D eigenvalue weighted by Crippen LogP contribution is -2.71. The van der Waals surface area contributed by atoms with Gasteiger partial charge in [0.2, 0.25) is 5.78 Å². The monoisotopic (exact) mass is 767 g/mol. The molecule has 3 unspecified atom stereocenters. The number of hydrogen-bond donors (Lipinski definition) is 7. The van der Waals surface area contributed by atoms with Crippen LogP contribution in [0.3, 0.4) is 0 Å². The van der Waals surface area contributed by atoms with Crippen LogP contribution < -0.4 is 0 Å². The third kappa shape index (κ3) is 8.37. The molecule has 0 aromatic heterocycles. The zero-order valence-corrected chi connectivity index (χ0v) is 29.4. The van der Waals surface area contributed by atoms with Crippen LogP contribution in [-0.2, 0) is 43.2 Å². The Morgan fingerprint density at radius 2 is 1.62 bits per heavy atom. The Kier molecular flexibility index (Phi) is 13.6. The first-order valence-electron chi connectivity index (χ1n) is 17.1. The topological polar surface area (TPSA) is 266 Å². The molecule has 0 spiro atoms. The summed E-state index contributed by atoms with van der Waals surface area (Å²) in [6, 6.07) is 0. The van der Waals surface area contributed by atoms with Crippen molar-refractivity contribution in [2.75, 3.05) is 19.8 Å². The summed E-state index contributed by atoms with van der Waals surface area (Å²) < 4.78 is 45.0. The lowest BCUT2D eigenvalue weighted by molar-refractivity contribution is -0.527. The number of fused-ring (bicyclic) bond motifs is 5. The second kappa shape index (κ2) is 16.9. The van der Waals surface area contributed by atoms with E-state index in [4.69, 9.17) is 40.7 Å². The van der Waals surface area contributed by atoms with Gasteiger partial charge in [0.15, 0.2) is 23.7 Å². The van der Waals surface area contributed by atoms with Crippen molar-refractivity contribution in [3.63, 3.8) is 0 Å². The standard InChI is InChI=1S/C32H47F2N3O16/c1-18-12-21-22-14-24(33)23-13-19(38)9-10-29(23,2)31(22,34)25(39)15-30(21,3)32(18,52-28(42)8-5-11-50-35(43)44)26(40)17-49-27(41)7-4-6-20(53-37(47)48)16-51-36(45)46/h9-10,13,18,20-22,24-25,39,43-48H,4-8,11-12,14-17H2,1-3H3/t18-,20?,21?,22?,24+,25+,29+,30+,31+,32+/m1/s1. The summed E-state index contributed by atoms with van der Waals surface area (Å²) in [5.74, 6) is -6.19. The molecular weight excluding hydrogens is 720 g/mol. The predicted octanol–water partition coefficient (Wildman–Crippen LogP) is 2.30. The number of nitrogens with zero attached hydrogens (tertiary/aromatic N) is 3. The Labute approximate surface area is 302 Å². The van der Waals surface area contributed by atoms with Gasteiger partial charge < -0.3 is 14.6 Å². The molecule has 0 radical (unpaired) electrons. The van der Waals surface area contributed by atoms with Crippen molar-refractivity contribution in [2.45, 2.75) is 102 Å². The van der Waals surface area contributed by atoms with Crippen molar-refractivity contribution in [1.82, 2.24) is 16.2 Å². The number of aliphatic hydroxyl groups is 1. The number of ketones is 2. The van der Waals surface area contributed by atoms with Gasteiger partial charge in [-0.3, -0.25) is 55.3 Å². The van der Waals surface area contributed by atoms with E-state index in [0.717, 1.165) is 12.2 Å². The molecule has 4 rings (SSSR count). The fraction of sp³-hybridized carbons (Fsp3) is 0.750. The quantitative estimate of drug-likeness (QED) is 0.0599. The van der Waals surface area contributed by atoms with E-state index in [1.54, 1.807) is 13.8 Å². The Bertz CT molecular complexity index is 1430. The normalized spacial score (nSPS) is 35.5. The van der Waals surface area contributed by atoms with Crippen LogP contribution in [0.15, 0.2) is 23.8 Å². The molecule has 0 saturated heterocycles. The molecular formula is C32H47F2N3O16. The first-order chi connectivity index (χ1) is 24.7. The molecule has 53 heavy (non-hydrogen) atoms. The van der Waals surface area contributed by atoms with Crippen molar-refractivity contribution in [2.24, 2.45) is 28.6 Å². The molecule has 7 N–H and O–H groups in total. The van der Waals surface area contributed by atoms with Crippen LogP contribution in [0.4, 0.5) is 8.78 Å². The summed E-state index contributed by atoms with van der Waals surface area (Å²) >= 11 is 0. The van der Waals surface area contributed by atoms with E-state index in [-0.39, 0.29) is 50.7 Å². The summed E-state index contributed by atoms with van der Waals surface area (Å²) in [7, 11) is 0. The third-order valence-corrected chi connectivity index (χ3v) is 11.5. The lowest BCUT2D eigenvalue weighted by atomic mass is 9.44. The van der Waals surface area contributed by atoms with Crippen LogP contribution in [0.5, 0.6) is 0 Å². The van der Waals surface area contributed by atoms with E-state index < -0.39 is 124 Å². The van der Waals surface area contributed by atoms with Gasteiger partial charge in [0.1, 0.15) is 18.9 Å². The number of Topliss-reactive ketones (excluding diaryl/α,β-unsaturated/α-hetero) is 1. The highest BCUT2D eigenvalue weighted by Crippen LogP contribution is 2.71. The van der Waals surface area contributed by atoms with Crippen molar-refractivity contribution in [3.05, 3.63) is 23.8 Å². The molecule has 0 aromatic rings. The van der Waals surface area contributed by atoms with E-state index in [2.05, 4.69) is 14.5 Å². The largest absolute Gasteiger partial charge is 0.457 e. The van der Waals surface area contributed by atoms with Gasteiger partial charge in [0.05, 0.1) is 28.9 Å². The number of hydrogen-bond acceptors (Lipinski definition) is 19. The van der Waals surface area contributed by atoms with Crippen LogP contribution in [0.1, 0.15) is 72.1 Å². The molecule has 0 aromatic carbocycles. The van der Waals surface area contributed by atoms with E-state index >= 15 is 8.78 Å². The molecule has 3 fully saturated rings. The first kappa shape index (κ1) is 42.8. The van der Waals surface area contributed by atoms with Crippen molar-refractivity contribution >= 4 is 23.5 Å². The number of carbonyl (C=O) groups excluding carboxylic acids is 4. The van der Waals surface area contributed by atoms with Crippen molar-refractivity contribution in [3.8, 4) is 0 Å². The molecule has 19 nitrogen and oxygen atoms in total. The first-order valence-corrected chi connectivity index (χ1v) is 17.1. The van der Waals surface area contributed by atoms with Crippen LogP contribution in [-0.4, -0.2) is 125 Å². The molecule has 0 amide bonds. The van der Waals surface area contributed by atoms with Gasteiger partial charge in [0.25, 0.3) is 0 Å². The van der Waals surface area contributed by atoms with Gasteiger partial charge in [-0.15, -0.1) is 0 Å². The fourth-order valence-electron chi connectivity index (χ4n) is 9.23. The molecule has 3 saturated carbocycles. The number of aliphatic hydroxyl groups excluding tert-OH is 1. The number of ether oxygens (including phenoxy) is 2. The molecule has 300 valence electrons. The summed E-state index contributed by atoms with van der Waals surface area (Å²) in [5, 5.41) is 62.8. The Hall–Kier alpha value is -2.90. The SMILES string of the molecule is C[C@@H]1CC2C3C[C@H](F)C4=CC(=O)C=C[C@]4(C)[C@@]3(F)[C@@H](O)C[C@]2(C)[C@@]1(OC(=O)CCCON(O)O)C(=O)COC(=O)CCCC(CON(O)O)ON(O)O. The maximum absolute atomic E-state index is 17.7. The highest BCUT2D eigenvalue weighted by molar-refractivity contribution is 6.01. The Balaban J connectivity index is 1.59. The van der Waals surface area contributed by atoms with Gasteiger partial charge in [-0.2, -0.15) is 0 Å². The summed E-state index contributed by atoms with van der Waals surface area (Å²) in [4.78, 5) is 66.2. The number of alkyl halides is 2. The molecule has 4 aliphatic rings. The lowest BCUT2D eigenvalue weighted by Gasteiger charge is -2.63. The zero-order valence-electron chi connectivity index (χ0n) is 29.4. The minimum atomic E-state index is -2.49. The van der Waals surface area contributed by atoms with Gasteiger partial charge in [-0.1, -0.05) is 19.9 Å². The molecule has 0 heterocycles. The predicted molar refractivity (Wildman–Crippen MR) is 164 cm³/mol. The summed E-state index contributed by atoms with van der Waals surface area (Å²) in [6.45, 7) is 2.69. The summed E-state index contributed by atoms with van der Waals surface area (Å²) in [5.41, 5.74) is -7.94. The van der Waals surface area contributed by atoms with Crippen LogP contribution in [0, 0.1) is 28.6 Å². The van der Waals surface area contributed by atoms with Crippen molar-refractivity contribution < 1.29 is 88.3 Å². The van der Waals surface area contributed by atoms with Crippen LogP contribution >= 0.6 is 0 Å². The highest BCUT2D eigenvalue weighted by atomic mass is 19.1. The second-order valence-electron chi connectivity index (χ2n) is 14.4. The number of esters is 2.